The summed E-state index contributed by atoms with van der Waals surface area (Å²) in [4.78, 5) is 29.9. The minimum absolute atomic E-state index is 0.0188. The number of esters is 1. The Morgan fingerprint density at radius 3 is 2.50 bits per heavy atom. The lowest BCUT2D eigenvalue weighted by Gasteiger charge is -2.40. The van der Waals surface area contributed by atoms with Crippen LogP contribution in [0.4, 0.5) is 0 Å². The molecule has 2 atom stereocenters. The smallest absolute Gasteiger partial charge is 0.312 e. The second-order valence-electron chi connectivity index (χ2n) is 9.64. The number of ether oxygens (including phenoxy) is 2. The molecule has 1 amide bonds. The number of piperidine rings is 1. The summed E-state index contributed by atoms with van der Waals surface area (Å²) in [5, 5.41) is 20.7. The fraction of sp³-hybridized carbons (Fsp3) is 0.692. The molecule has 0 radical (unpaired) electrons. The second-order valence-corrected chi connectivity index (χ2v) is 9.64. The van der Waals surface area contributed by atoms with E-state index in [-0.39, 0.29) is 31.3 Å². The Morgan fingerprint density at radius 1 is 1.06 bits per heavy atom. The van der Waals surface area contributed by atoms with Gasteiger partial charge in [0.05, 0.1) is 24.5 Å². The standard InChI is InChI=1S/C26H40N2O6/c1-33-18-10-24(31)28-14-6-5-11-26(25(32)34-20-23(30)22(29)9-15-28)12-16-27(17-13-26)19-21-7-3-2-4-8-21/h2-4,7-8,22-23,29-30H,5-6,9-20H2,1H3/t22-,23+/m0/s1. The van der Waals surface area contributed by atoms with Crippen LogP contribution in [-0.4, -0.2) is 90.6 Å². The third-order valence-corrected chi connectivity index (χ3v) is 7.23. The van der Waals surface area contributed by atoms with Crippen molar-refractivity contribution in [3.63, 3.8) is 0 Å². The van der Waals surface area contributed by atoms with Gasteiger partial charge in [-0.15, -0.1) is 0 Å². The third kappa shape index (κ3) is 7.50. The Bertz CT molecular complexity index is 766. The molecule has 2 aliphatic heterocycles. The third-order valence-electron chi connectivity index (χ3n) is 7.23. The van der Waals surface area contributed by atoms with Crippen LogP contribution in [0.25, 0.3) is 0 Å². The zero-order valence-electron chi connectivity index (χ0n) is 20.4. The van der Waals surface area contributed by atoms with E-state index in [4.69, 9.17) is 9.47 Å². The molecule has 0 bridgehead atoms. The van der Waals surface area contributed by atoms with E-state index in [0.717, 1.165) is 32.5 Å². The molecule has 1 aromatic carbocycles. The first-order valence-corrected chi connectivity index (χ1v) is 12.5. The van der Waals surface area contributed by atoms with E-state index in [1.165, 1.54) is 5.56 Å². The van der Waals surface area contributed by atoms with Crippen molar-refractivity contribution >= 4 is 11.9 Å². The first kappa shape index (κ1) is 26.6. The van der Waals surface area contributed by atoms with Crippen LogP contribution in [0.3, 0.4) is 0 Å². The fourth-order valence-corrected chi connectivity index (χ4v) is 4.92. The van der Waals surface area contributed by atoms with Crippen LogP contribution in [0.2, 0.25) is 0 Å². The van der Waals surface area contributed by atoms with Crippen molar-refractivity contribution in [3.8, 4) is 0 Å². The molecule has 8 nitrogen and oxygen atoms in total. The molecule has 2 aliphatic rings. The largest absolute Gasteiger partial charge is 0.462 e. The molecule has 190 valence electrons. The van der Waals surface area contributed by atoms with Gasteiger partial charge in [0.2, 0.25) is 5.91 Å². The topological polar surface area (TPSA) is 99.5 Å². The van der Waals surface area contributed by atoms with Crippen LogP contribution in [0.1, 0.15) is 50.5 Å². The molecule has 0 saturated carbocycles. The van der Waals surface area contributed by atoms with Gasteiger partial charge in [0.25, 0.3) is 0 Å². The number of carbonyl (C=O) groups excluding carboxylic acids is 2. The lowest BCUT2D eigenvalue weighted by atomic mass is 9.74. The van der Waals surface area contributed by atoms with E-state index in [1.54, 1.807) is 12.0 Å². The van der Waals surface area contributed by atoms with Gasteiger partial charge < -0.3 is 24.6 Å². The average Bonchev–Trinajstić information content (AvgIpc) is 2.86. The molecule has 8 heteroatoms. The van der Waals surface area contributed by atoms with Gasteiger partial charge in [-0.3, -0.25) is 14.5 Å². The summed E-state index contributed by atoms with van der Waals surface area (Å²) in [6.07, 6.45) is 1.98. The maximum atomic E-state index is 13.2. The molecular weight excluding hydrogens is 436 g/mol. The van der Waals surface area contributed by atoms with Gasteiger partial charge >= 0.3 is 5.97 Å². The van der Waals surface area contributed by atoms with Crippen LogP contribution in [0.15, 0.2) is 30.3 Å². The van der Waals surface area contributed by atoms with E-state index in [2.05, 4.69) is 17.0 Å². The van der Waals surface area contributed by atoms with Gasteiger partial charge in [-0.05, 0) is 50.8 Å². The first-order chi connectivity index (χ1) is 16.4. The Balaban J connectivity index is 1.64. The van der Waals surface area contributed by atoms with Crippen LogP contribution < -0.4 is 0 Å². The number of aliphatic hydroxyl groups excluding tert-OH is 2. The van der Waals surface area contributed by atoms with Crippen molar-refractivity contribution in [1.82, 2.24) is 9.80 Å². The molecule has 0 aromatic heterocycles. The van der Waals surface area contributed by atoms with Gasteiger partial charge in [0.15, 0.2) is 0 Å². The Labute approximate surface area is 202 Å². The molecule has 2 N–H and O–H groups in total. The van der Waals surface area contributed by atoms with E-state index in [0.29, 0.717) is 39.0 Å². The minimum Gasteiger partial charge on any atom is -0.462 e. The average molecular weight is 477 g/mol. The molecule has 1 aromatic rings. The molecule has 1 spiro atoms. The van der Waals surface area contributed by atoms with E-state index < -0.39 is 17.6 Å². The van der Waals surface area contributed by atoms with Crippen molar-refractivity contribution in [2.45, 2.75) is 63.7 Å². The number of cyclic esters (lactones) is 1. The molecular formula is C26H40N2O6. The lowest BCUT2D eigenvalue weighted by molar-refractivity contribution is -0.165. The predicted octanol–water partition coefficient (Wildman–Crippen LogP) is 1.97. The summed E-state index contributed by atoms with van der Waals surface area (Å²) in [5.74, 6) is -0.292. The summed E-state index contributed by atoms with van der Waals surface area (Å²) in [5.41, 5.74) is 0.669. The van der Waals surface area contributed by atoms with Gasteiger partial charge in [-0.25, -0.2) is 0 Å². The molecule has 2 saturated heterocycles. The second kappa shape index (κ2) is 13.2. The number of aliphatic hydroxyl groups is 2. The maximum Gasteiger partial charge on any atom is 0.312 e. The Hall–Kier alpha value is -2.00. The number of likely N-dealkylation sites (tertiary alicyclic amines) is 1. The highest BCUT2D eigenvalue weighted by molar-refractivity contribution is 5.77. The summed E-state index contributed by atoms with van der Waals surface area (Å²) >= 11 is 0. The summed E-state index contributed by atoms with van der Waals surface area (Å²) in [6, 6.07) is 10.3. The lowest BCUT2D eigenvalue weighted by Crippen LogP contribution is -2.45. The van der Waals surface area contributed by atoms with Gasteiger partial charge in [-0.1, -0.05) is 36.8 Å². The quantitative estimate of drug-likeness (QED) is 0.627. The maximum absolute atomic E-state index is 13.2. The minimum atomic E-state index is -1.17. The van der Waals surface area contributed by atoms with Gasteiger partial charge in [0, 0.05) is 26.7 Å². The van der Waals surface area contributed by atoms with E-state index >= 15 is 0 Å². The molecule has 0 unspecified atom stereocenters. The normalized spacial score (nSPS) is 25.1. The van der Waals surface area contributed by atoms with Crippen molar-refractivity contribution < 1.29 is 29.3 Å². The van der Waals surface area contributed by atoms with Gasteiger partial charge in [0.1, 0.15) is 12.7 Å². The Kier molecular flexibility index (Phi) is 10.3. The number of amides is 1. The zero-order chi connectivity index (χ0) is 24.4. The summed E-state index contributed by atoms with van der Waals surface area (Å²) < 4.78 is 10.6. The van der Waals surface area contributed by atoms with E-state index in [1.807, 2.05) is 18.2 Å². The highest BCUT2D eigenvalue weighted by atomic mass is 16.5. The van der Waals surface area contributed by atoms with Crippen LogP contribution in [0, 0.1) is 5.41 Å². The van der Waals surface area contributed by atoms with Crippen LogP contribution in [0.5, 0.6) is 0 Å². The number of benzene rings is 1. The first-order valence-electron chi connectivity index (χ1n) is 12.5. The molecule has 2 heterocycles. The zero-order valence-corrected chi connectivity index (χ0v) is 20.4. The molecule has 3 rings (SSSR count). The van der Waals surface area contributed by atoms with Gasteiger partial charge in [-0.2, -0.15) is 0 Å². The highest BCUT2D eigenvalue weighted by Crippen LogP contribution is 2.38. The number of rotatable bonds is 5. The molecule has 0 aliphatic carbocycles. The summed E-state index contributed by atoms with van der Waals surface area (Å²) in [6.45, 7) is 3.51. The predicted molar refractivity (Wildman–Crippen MR) is 128 cm³/mol. The summed E-state index contributed by atoms with van der Waals surface area (Å²) in [7, 11) is 1.56. The van der Waals surface area contributed by atoms with E-state index in [9.17, 15) is 19.8 Å². The molecule has 2 fully saturated rings. The SMILES string of the molecule is COCCC(=O)N1CCCCC2(CCN(Cc3ccccc3)CC2)C(=O)OC[C@@H](O)[C@@H](O)CC1. The van der Waals surface area contributed by atoms with Crippen molar-refractivity contribution in [3.05, 3.63) is 35.9 Å². The number of hydrogen-bond acceptors (Lipinski definition) is 7. The monoisotopic (exact) mass is 476 g/mol. The Morgan fingerprint density at radius 2 is 1.79 bits per heavy atom. The van der Waals surface area contributed by atoms with Crippen molar-refractivity contribution in [1.29, 1.82) is 0 Å². The van der Waals surface area contributed by atoms with Crippen LogP contribution in [-0.2, 0) is 25.6 Å². The fourth-order valence-electron chi connectivity index (χ4n) is 4.92. The number of nitrogens with zero attached hydrogens (tertiary/aromatic N) is 2. The van der Waals surface area contributed by atoms with Crippen LogP contribution >= 0.6 is 0 Å². The number of carbonyl (C=O) groups is 2. The number of methoxy groups -OCH3 is 1. The highest BCUT2D eigenvalue weighted by Gasteiger charge is 2.42. The number of hydrogen-bond donors (Lipinski definition) is 2. The molecule has 34 heavy (non-hydrogen) atoms. The van der Waals surface area contributed by atoms with Crippen molar-refractivity contribution in [2.24, 2.45) is 5.41 Å². The van der Waals surface area contributed by atoms with Crippen molar-refractivity contribution in [2.75, 3.05) is 46.5 Å².